The van der Waals surface area contributed by atoms with Crippen molar-refractivity contribution in [3.05, 3.63) is 100 Å². The Morgan fingerprint density at radius 1 is 1.00 bits per heavy atom. The van der Waals surface area contributed by atoms with Crippen LogP contribution in [0.5, 0.6) is 5.75 Å². The molecule has 3 aromatic rings. The van der Waals surface area contributed by atoms with Crippen LogP contribution in [0.25, 0.3) is 0 Å². The summed E-state index contributed by atoms with van der Waals surface area (Å²) in [7, 11) is 0. The number of hydrogen-bond donors (Lipinski definition) is 2. The molecule has 31 heavy (non-hydrogen) atoms. The van der Waals surface area contributed by atoms with Crippen LogP contribution < -0.4 is 15.5 Å². The van der Waals surface area contributed by atoms with Gasteiger partial charge >= 0.3 is 0 Å². The third-order valence-electron chi connectivity index (χ3n) is 4.40. The van der Waals surface area contributed by atoms with E-state index in [0.717, 1.165) is 22.4 Å². The molecular weight excluding hydrogens is 414 g/mol. The van der Waals surface area contributed by atoms with Gasteiger partial charge in [-0.05, 0) is 66.1 Å². The second kappa shape index (κ2) is 10.9. The van der Waals surface area contributed by atoms with E-state index in [0.29, 0.717) is 17.2 Å². The second-order valence-corrected chi connectivity index (χ2v) is 7.21. The van der Waals surface area contributed by atoms with E-state index < -0.39 is 5.91 Å². The van der Waals surface area contributed by atoms with Gasteiger partial charge in [0.05, 0.1) is 12.8 Å². The van der Waals surface area contributed by atoms with Crippen LogP contribution in [-0.2, 0) is 11.4 Å². The molecule has 6 nitrogen and oxygen atoms in total. The van der Waals surface area contributed by atoms with Crippen LogP contribution in [0.1, 0.15) is 27.0 Å². The first-order valence-electron chi connectivity index (χ1n) is 9.64. The number of hydrogen-bond acceptors (Lipinski definition) is 4. The zero-order chi connectivity index (χ0) is 22.1. The minimum Gasteiger partial charge on any atom is -0.489 e. The molecule has 2 amide bonds. The van der Waals surface area contributed by atoms with Gasteiger partial charge in [-0.15, -0.1) is 0 Å². The lowest BCUT2D eigenvalue weighted by molar-refractivity contribution is -0.120. The van der Waals surface area contributed by atoms with Gasteiger partial charge in [-0.25, -0.2) is 5.43 Å². The van der Waals surface area contributed by atoms with Crippen molar-refractivity contribution in [2.45, 2.75) is 13.5 Å². The molecule has 0 radical (unpaired) electrons. The Hall–Kier alpha value is -3.64. The fraction of sp³-hybridized carbons (Fsp3) is 0.125. The monoisotopic (exact) mass is 435 g/mol. The van der Waals surface area contributed by atoms with Crippen LogP contribution in [0.2, 0.25) is 5.02 Å². The van der Waals surface area contributed by atoms with E-state index in [4.69, 9.17) is 16.3 Å². The Morgan fingerprint density at radius 2 is 1.71 bits per heavy atom. The SMILES string of the molecule is Cc1ccccc1C(=O)NCC(=O)N/N=C/c1ccc(OCc2ccc(Cl)cc2)cc1. The summed E-state index contributed by atoms with van der Waals surface area (Å²) in [5.41, 5.74) is 5.59. The van der Waals surface area contributed by atoms with Crippen LogP contribution in [0, 0.1) is 6.92 Å². The van der Waals surface area contributed by atoms with E-state index in [1.165, 1.54) is 6.21 Å². The fourth-order valence-corrected chi connectivity index (χ4v) is 2.83. The third-order valence-corrected chi connectivity index (χ3v) is 4.65. The molecule has 0 saturated carbocycles. The first kappa shape index (κ1) is 22.1. The second-order valence-electron chi connectivity index (χ2n) is 6.77. The first-order chi connectivity index (χ1) is 15.0. The van der Waals surface area contributed by atoms with E-state index in [1.807, 2.05) is 67.6 Å². The highest BCUT2D eigenvalue weighted by Crippen LogP contribution is 2.15. The van der Waals surface area contributed by atoms with Crippen molar-refractivity contribution in [3.8, 4) is 5.75 Å². The number of amides is 2. The predicted molar refractivity (Wildman–Crippen MR) is 121 cm³/mol. The molecule has 158 valence electrons. The number of halogens is 1. The first-order valence-corrected chi connectivity index (χ1v) is 10.0. The zero-order valence-electron chi connectivity index (χ0n) is 17.0. The van der Waals surface area contributed by atoms with Crippen LogP contribution in [-0.4, -0.2) is 24.6 Å². The highest BCUT2D eigenvalue weighted by atomic mass is 35.5. The molecule has 2 N–H and O–H groups in total. The van der Waals surface area contributed by atoms with Gasteiger partial charge in [0.2, 0.25) is 0 Å². The molecule has 0 heterocycles. The maximum absolute atomic E-state index is 12.1. The Bertz CT molecular complexity index is 1060. The molecule has 0 aliphatic rings. The predicted octanol–water partition coefficient (Wildman–Crippen LogP) is 4.11. The number of carbonyl (C=O) groups is 2. The van der Waals surface area contributed by atoms with E-state index >= 15 is 0 Å². The van der Waals surface area contributed by atoms with Crippen molar-refractivity contribution < 1.29 is 14.3 Å². The number of benzene rings is 3. The molecule has 3 aromatic carbocycles. The number of hydrazone groups is 1. The lowest BCUT2D eigenvalue weighted by atomic mass is 10.1. The van der Waals surface area contributed by atoms with Gasteiger partial charge in [0.15, 0.2) is 0 Å². The molecule has 3 rings (SSSR count). The van der Waals surface area contributed by atoms with Gasteiger partial charge in [-0.2, -0.15) is 5.10 Å². The number of nitrogens with zero attached hydrogens (tertiary/aromatic N) is 1. The maximum atomic E-state index is 12.1. The van der Waals surface area contributed by atoms with Crippen LogP contribution in [0.3, 0.4) is 0 Å². The largest absolute Gasteiger partial charge is 0.489 e. The number of ether oxygens (including phenoxy) is 1. The minimum absolute atomic E-state index is 0.165. The molecule has 7 heteroatoms. The van der Waals surface area contributed by atoms with Crippen molar-refractivity contribution in [1.82, 2.24) is 10.7 Å². The van der Waals surface area contributed by atoms with Gasteiger partial charge in [0, 0.05) is 10.6 Å². The smallest absolute Gasteiger partial charge is 0.259 e. The van der Waals surface area contributed by atoms with E-state index in [-0.39, 0.29) is 12.5 Å². The molecule has 0 atom stereocenters. The Kier molecular flexibility index (Phi) is 7.79. The van der Waals surface area contributed by atoms with Crippen molar-refractivity contribution >= 4 is 29.6 Å². The Balaban J connectivity index is 1.41. The fourth-order valence-electron chi connectivity index (χ4n) is 2.70. The van der Waals surface area contributed by atoms with E-state index in [1.54, 1.807) is 12.1 Å². The summed E-state index contributed by atoms with van der Waals surface area (Å²) < 4.78 is 5.73. The van der Waals surface area contributed by atoms with Crippen molar-refractivity contribution in [2.75, 3.05) is 6.54 Å². The number of nitrogens with one attached hydrogen (secondary N) is 2. The highest BCUT2D eigenvalue weighted by molar-refractivity contribution is 6.30. The molecule has 0 saturated heterocycles. The minimum atomic E-state index is -0.416. The number of carbonyl (C=O) groups excluding carboxylic acids is 2. The number of aryl methyl sites for hydroxylation is 1. The van der Waals surface area contributed by atoms with Crippen LogP contribution >= 0.6 is 11.6 Å². The van der Waals surface area contributed by atoms with Crippen molar-refractivity contribution in [3.63, 3.8) is 0 Å². The van der Waals surface area contributed by atoms with Crippen molar-refractivity contribution in [2.24, 2.45) is 5.10 Å². The lowest BCUT2D eigenvalue weighted by Crippen LogP contribution is -2.35. The summed E-state index contributed by atoms with van der Waals surface area (Å²) in [5, 5.41) is 7.18. The number of rotatable bonds is 8. The molecule has 0 aliphatic heterocycles. The third kappa shape index (κ3) is 6.97. The molecule has 0 aromatic heterocycles. The van der Waals surface area contributed by atoms with Crippen molar-refractivity contribution in [1.29, 1.82) is 0 Å². The normalized spacial score (nSPS) is 10.6. The average molecular weight is 436 g/mol. The quantitative estimate of drug-likeness (QED) is 0.413. The average Bonchev–Trinajstić information content (AvgIpc) is 2.78. The van der Waals surface area contributed by atoms with Gasteiger partial charge in [0.1, 0.15) is 12.4 Å². The molecule has 0 spiro atoms. The van der Waals surface area contributed by atoms with Gasteiger partial charge < -0.3 is 10.1 Å². The van der Waals surface area contributed by atoms with E-state index in [9.17, 15) is 9.59 Å². The van der Waals surface area contributed by atoms with Gasteiger partial charge in [0.25, 0.3) is 11.8 Å². The van der Waals surface area contributed by atoms with Gasteiger partial charge in [-0.1, -0.05) is 41.9 Å². The topological polar surface area (TPSA) is 79.8 Å². The summed E-state index contributed by atoms with van der Waals surface area (Å²) in [6.45, 7) is 2.12. The molecule has 0 unspecified atom stereocenters. The molecular formula is C24H22ClN3O3. The highest BCUT2D eigenvalue weighted by Gasteiger charge is 2.09. The summed E-state index contributed by atoms with van der Waals surface area (Å²) in [5.74, 6) is 0.00238. The molecule has 0 fully saturated rings. The Labute approximate surface area is 185 Å². The van der Waals surface area contributed by atoms with E-state index in [2.05, 4.69) is 15.8 Å². The lowest BCUT2D eigenvalue weighted by Gasteiger charge is -2.07. The maximum Gasteiger partial charge on any atom is 0.259 e. The molecule has 0 aliphatic carbocycles. The Morgan fingerprint density at radius 3 is 2.42 bits per heavy atom. The zero-order valence-corrected chi connectivity index (χ0v) is 17.7. The summed E-state index contributed by atoms with van der Waals surface area (Å²) in [6, 6.07) is 21.9. The summed E-state index contributed by atoms with van der Waals surface area (Å²) in [4.78, 5) is 24.0. The standard InChI is InChI=1S/C24H22ClN3O3/c1-17-4-2-3-5-22(17)24(30)26-15-23(29)28-27-14-18-8-12-21(13-9-18)31-16-19-6-10-20(25)11-7-19/h2-14H,15-16H2,1H3,(H,26,30)(H,28,29)/b27-14+. The molecule has 0 bridgehead atoms. The van der Waals surface area contributed by atoms with Crippen LogP contribution in [0.4, 0.5) is 0 Å². The van der Waals surface area contributed by atoms with Gasteiger partial charge in [-0.3, -0.25) is 9.59 Å². The summed E-state index contributed by atoms with van der Waals surface area (Å²) in [6.07, 6.45) is 1.52. The summed E-state index contributed by atoms with van der Waals surface area (Å²) >= 11 is 5.87. The van der Waals surface area contributed by atoms with Crippen LogP contribution in [0.15, 0.2) is 77.9 Å².